The highest BCUT2D eigenvalue weighted by atomic mass is 32.2. The van der Waals surface area contributed by atoms with Gasteiger partial charge in [0.1, 0.15) is 5.82 Å². The molecule has 0 bridgehead atoms. The van der Waals surface area contributed by atoms with Gasteiger partial charge in [-0.3, -0.25) is 4.79 Å². The van der Waals surface area contributed by atoms with Crippen molar-refractivity contribution in [3.63, 3.8) is 0 Å². The van der Waals surface area contributed by atoms with Crippen molar-refractivity contribution < 1.29 is 17.6 Å². The van der Waals surface area contributed by atoms with Crippen molar-refractivity contribution in [3.05, 3.63) is 95.4 Å². The van der Waals surface area contributed by atoms with Crippen LogP contribution in [0, 0.1) is 5.82 Å². The fourth-order valence-electron chi connectivity index (χ4n) is 4.59. The Morgan fingerprint density at radius 1 is 1.00 bits per heavy atom. The van der Waals surface area contributed by atoms with Crippen molar-refractivity contribution in [2.75, 3.05) is 20.1 Å². The second kappa shape index (κ2) is 9.83. The first kappa shape index (κ1) is 24.1. The molecule has 1 aliphatic rings. The van der Waals surface area contributed by atoms with Gasteiger partial charge in [0.2, 0.25) is 0 Å². The highest BCUT2D eigenvalue weighted by Gasteiger charge is 2.28. The van der Waals surface area contributed by atoms with Gasteiger partial charge in [0.05, 0.1) is 16.1 Å². The third-order valence-electron chi connectivity index (χ3n) is 6.70. The van der Waals surface area contributed by atoms with Gasteiger partial charge in [0.15, 0.2) is 0 Å². The van der Waals surface area contributed by atoms with Gasteiger partial charge >= 0.3 is 0 Å². The van der Waals surface area contributed by atoms with E-state index < -0.39 is 10.0 Å². The Kier molecular flexibility index (Phi) is 6.59. The van der Waals surface area contributed by atoms with Gasteiger partial charge in [-0.25, -0.2) is 4.39 Å². The van der Waals surface area contributed by atoms with Crippen LogP contribution in [0.1, 0.15) is 40.4 Å². The van der Waals surface area contributed by atoms with Crippen LogP contribution in [-0.4, -0.2) is 48.5 Å². The lowest BCUT2D eigenvalue weighted by atomic mass is 9.92. The summed E-state index contributed by atoms with van der Waals surface area (Å²) in [6, 6.07) is 19.1. The van der Waals surface area contributed by atoms with E-state index in [4.69, 9.17) is 0 Å². The van der Waals surface area contributed by atoms with Crippen LogP contribution in [0.4, 0.5) is 4.39 Å². The molecule has 0 aliphatic carbocycles. The van der Waals surface area contributed by atoms with Gasteiger partial charge in [0, 0.05) is 23.4 Å². The number of carbonyl (C=O) groups excluding carboxylic acids is 1. The summed E-state index contributed by atoms with van der Waals surface area (Å²) >= 11 is 0. The van der Waals surface area contributed by atoms with Gasteiger partial charge in [-0.05, 0) is 81.0 Å². The van der Waals surface area contributed by atoms with Crippen molar-refractivity contribution in [3.8, 4) is 0 Å². The molecule has 1 saturated heterocycles. The molecular weight excluding hydrogens is 479 g/mol. The summed E-state index contributed by atoms with van der Waals surface area (Å²) in [5.74, 6) is -0.489. The lowest BCUT2D eigenvalue weighted by Crippen LogP contribution is -2.29. The van der Waals surface area contributed by atoms with Crippen molar-refractivity contribution in [2.45, 2.75) is 30.2 Å². The second-order valence-corrected chi connectivity index (χ2v) is 10.9. The van der Waals surface area contributed by atoms with Gasteiger partial charge in [-0.15, -0.1) is 0 Å². The smallest absolute Gasteiger partial charge is 0.283 e. The number of aromatic nitrogens is 2. The topological polar surface area (TPSA) is 84.3 Å². The molecule has 3 aromatic carbocycles. The molecule has 36 heavy (non-hydrogen) atoms. The number of benzene rings is 3. The number of nitrogens with zero attached hydrogens (tertiary/aromatic N) is 3. The molecule has 1 N–H and O–H groups in total. The Balaban J connectivity index is 1.38. The molecule has 5 rings (SSSR count). The lowest BCUT2D eigenvalue weighted by molar-refractivity contribution is 0.0951. The number of carbonyl (C=O) groups is 1. The predicted octanol–water partition coefficient (Wildman–Crippen LogP) is 4.15. The molecule has 0 unspecified atom stereocenters. The van der Waals surface area contributed by atoms with Crippen LogP contribution in [0.2, 0.25) is 0 Å². The Bertz CT molecular complexity index is 1490. The number of para-hydroxylation sites is 1. The van der Waals surface area contributed by atoms with Gasteiger partial charge in [-0.1, -0.05) is 30.3 Å². The van der Waals surface area contributed by atoms with Gasteiger partial charge in [-0.2, -0.15) is 17.6 Å². The summed E-state index contributed by atoms with van der Waals surface area (Å²) in [5, 5.41) is 8.23. The van der Waals surface area contributed by atoms with Crippen LogP contribution in [0.15, 0.2) is 77.7 Å². The molecule has 1 fully saturated rings. The van der Waals surface area contributed by atoms with E-state index in [0.717, 1.165) is 46.7 Å². The zero-order chi connectivity index (χ0) is 25.3. The Morgan fingerprint density at radius 2 is 1.67 bits per heavy atom. The van der Waals surface area contributed by atoms with Crippen LogP contribution in [0.5, 0.6) is 0 Å². The maximum Gasteiger partial charge on any atom is 0.283 e. The number of piperidine rings is 1. The molecule has 1 amide bonds. The average molecular weight is 507 g/mol. The number of halogens is 1. The number of hydrogen-bond acceptors (Lipinski definition) is 5. The number of amides is 1. The van der Waals surface area contributed by atoms with Crippen LogP contribution in [0.25, 0.3) is 10.9 Å². The van der Waals surface area contributed by atoms with E-state index in [9.17, 15) is 17.6 Å². The fourth-order valence-corrected chi connectivity index (χ4v) is 5.89. The zero-order valence-corrected chi connectivity index (χ0v) is 20.7. The first-order chi connectivity index (χ1) is 17.3. The normalized spacial score (nSPS) is 15.3. The maximum atomic E-state index is 13.6. The number of rotatable bonds is 6. The molecule has 4 aromatic rings. The summed E-state index contributed by atoms with van der Waals surface area (Å²) < 4.78 is 41.3. The SMILES string of the molecule is CN1CCC(c2nn(S(=O)(=O)c3ccc(C(=O)NCc4ccc(F)cc4)cc3)c3ccccc23)CC1. The zero-order valence-electron chi connectivity index (χ0n) is 19.9. The number of likely N-dealkylation sites (tertiary alicyclic amines) is 1. The molecular formula is C27H27FN4O3S. The quantitative estimate of drug-likeness (QED) is 0.425. The van der Waals surface area contributed by atoms with E-state index in [1.807, 2.05) is 18.2 Å². The molecule has 0 atom stereocenters. The molecule has 1 aliphatic heterocycles. The first-order valence-corrected chi connectivity index (χ1v) is 13.3. The fraction of sp³-hybridized carbons (Fsp3) is 0.259. The molecule has 1 aromatic heterocycles. The minimum absolute atomic E-state index is 0.0563. The van der Waals surface area contributed by atoms with Crippen molar-refractivity contribution in [1.82, 2.24) is 19.4 Å². The Labute approximate surface area is 209 Å². The molecule has 2 heterocycles. The van der Waals surface area contributed by atoms with E-state index in [0.29, 0.717) is 11.1 Å². The lowest BCUT2D eigenvalue weighted by Gasteiger charge is -2.28. The van der Waals surface area contributed by atoms with E-state index in [2.05, 4.69) is 22.4 Å². The van der Waals surface area contributed by atoms with Gasteiger partial charge < -0.3 is 10.2 Å². The largest absolute Gasteiger partial charge is 0.348 e. The predicted molar refractivity (Wildman–Crippen MR) is 136 cm³/mol. The van der Waals surface area contributed by atoms with Crippen molar-refractivity contribution in [1.29, 1.82) is 0 Å². The third-order valence-corrected chi connectivity index (χ3v) is 8.30. The van der Waals surface area contributed by atoms with E-state index in [1.165, 1.54) is 36.4 Å². The van der Waals surface area contributed by atoms with Crippen molar-refractivity contribution in [2.24, 2.45) is 0 Å². The summed E-state index contributed by atoms with van der Waals surface area (Å²) in [5.41, 5.74) is 2.45. The Hall–Kier alpha value is -3.56. The average Bonchev–Trinajstić information content (AvgIpc) is 3.29. The standard InChI is InChI=1S/C27H27FN4O3S/c1-31-16-14-20(15-17-31)26-24-4-2-3-5-25(24)32(30-26)36(34,35)23-12-8-21(9-13-23)27(33)29-18-19-6-10-22(28)11-7-19/h2-13,20H,14-18H2,1H3,(H,29,33). The maximum absolute atomic E-state index is 13.6. The van der Waals surface area contributed by atoms with E-state index in [1.54, 1.807) is 18.2 Å². The molecule has 0 radical (unpaired) electrons. The highest BCUT2D eigenvalue weighted by molar-refractivity contribution is 7.90. The summed E-state index contributed by atoms with van der Waals surface area (Å²) in [4.78, 5) is 14.9. The van der Waals surface area contributed by atoms with Gasteiger partial charge in [0.25, 0.3) is 15.9 Å². The van der Waals surface area contributed by atoms with Crippen LogP contribution in [0.3, 0.4) is 0 Å². The minimum Gasteiger partial charge on any atom is -0.348 e. The van der Waals surface area contributed by atoms with Crippen LogP contribution < -0.4 is 5.32 Å². The minimum atomic E-state index is -3.97. The van der Waals surface area contributed by atoms with E-state index >= 15 is 0 Å². The summed E-state index contributed by atoms with van der Waals surface area (Å²) in [7, 11) is -1.88. The van der Waals surface area contributed by atoms with Crippen LogP contribution >= 0.6 is 0 Å². The highest BCUT2D eigenvalue weighted by Crippen LogP contribution is 2.33. The molecule has 9 heteroatoms. The van der Waals surface area contributed by atoms with E-state index in [-0.39, 0.29) is 29.1 Å². The number of hydrogen-bond donors (Lipinski definition) is 1. The monoisotopic (exact) mass is 506 g/mol. The Morgan fingerprint density at radius 3 is 2.36 bits per heavy atom. The van der Waals surface area contributed by atoms with Crippen molar-refractivity contribution >= 4 is 26.8 Å². The molecule has 0 saturated carbocycles. The second-order valence-electron chi connectivity index (χ2n) is 9.16. The number of nitrogens with one attached hydrogen (secondary N) is 1. The summed E-state index contributed by atoms with van der Waals surface area (Å²) in [6.07, 6.45) is 1.86. The first-order valence-electron chi connectivity index (χ1n) is 11.9. The van der Waals surface area contributed by atoms with Crippen LogP contribution in [-0.2, 0) is 16.6 Å². The molecule has 186 valence electrons. The third kappa shape index (κ3) is 4.76. The summed E-state index contributed by atoms with van der Waals surface area (Å²) in [6.45, 7) is 2.13. The number of fused-ring (bicyclic) bond motifs is 1. The molecule has 7 nitrogen and oxygen atoms in total. The molecule has 0 spiro atoms.